The van der Waals surface area contributed by atoms with E-state index in [1.165, 1.54) is 0 Å². The Balaban J connectivity index is 4.32. The first-order chi connectivity index (χ1) is 7.61. The minimum absolute atomic E-state index is 0.401. The summed E-state index contributed by atoms with van der Waals surface area (Å²) in [5, 5.41) is 18.9. The topological polar surface area (TPSA) is 138 Å². The number of sulfone groups is 1. The monoisotopic (exact) mass is 267 g/mol. The largest absolute Gasteiger partial charge is 0.481 e. The van der Waals surface area contributed by atoms with Gasteiger partial charge in [-0.25, -0.2) is 13.2 Å². The Bertz CT molecular complexity index is 414. The van der Waals surface area contributed by atoms with Gasteiger partial charge in [0.25, 0.3) is 0 Å². The molecule has 98 valence electrons. The quantitative estimate of drug-likeness (QED) is 0.508. The predicted octanol–water partition coefficient (Wildman–Crippen LogP) is -1.53. The zero-order chi connectivity index (χ0) is 13.6. The molecule has 0 aliphatic heterocycles. The van der Waals surface area contributed by atoms with Crippen LogP contribution in [0.3, 0.4) is 0 Å². The predicted molar refractivity (Wildman–Crippen MR) is 56.1 cm³/mol. The second kappa shape index (κ2) is 6.18. The fraction of sp³-hybridized carbons (Fsp3) is 0.625. The molecule has 0 aliphatic carbocycles. The smallest absolute Gasteiger partial charge is 0.326 e. The average Bonchev–Trinajstić information content (AvgIpc) is 2.11. The van der Waals surface area contributed by atoms with Crippen molar-refractivity contribution >= 4 is 27.7 Å². The third kappa shape index (κ3) is 8.20. The van der Waals surface area contributed by atoms with Crippen LogP contribution in [-0.4, -0.2) is 54.5 Å². The van der Waals surface area contributed by atoms with Crippen molar-refractivity contribution in [3.63, 3.8) is 0 Å². The van der Waals surface area contributed by atoms with E-state index < -0.39 is 52.3 Å². The molecule has 9 heteroatoms. The van der Waals surface area contributed by atoms with E-state index in [2.05, 4.69) is 0 Å². The van der Waals surface area contributed by atoms with Gasteiger partial charge in [-0.15, -0.1) is 0 Å². The number of rotatable bonds is 7. The second-order valence-corrected chi connectivity index (χ2v) is 5.70. The maximum absolute atomic E-state index is 11.2. The van der Waals surface area contributed by atoms with E-state index in [-0.39, 0.29) is 0 Å². The molecule has 1 amide bonds. The molecule has 0 aromatic carbocycles. The van der Waals surface area contributed by atoms with E-state index in [0.29, 0.717) is 0 Å². The van der Waals surface area contributed by atoms with Gasteiger partial charge in [-0.2, -0.15) is 0 Å². The summed E-state index contributed by atoms with van der Waals surface area (Å²) in [5.41, 5.74) is 0. The summed E-state index contributed by atoms with van der Waals surface area (Å²) in [6, 6.07) is -1.56. The van der Waals surface area contributed by atoms with Gasteiger partial charge in [0, 0.05) is 12.7 Å². The Morgan fingerprint density at radius 3 is 2.12 bits per heavy atom. The van der Waals surface area contributed by atoms with Gasteiger partial charge in [0.2, 0.25) is 5.91 Å². The molecule has 1 atom stereocenters. The van der Waals surface area contributed by atoms with Gasteiger partial charge < -0.3 is 15.5 Å². The van der Waals surface area contributed by atoms with Crippen molar-refractivity contribution in [3.05, 3.63) is 0 Å². The summed E-state index contributed by atoms with van der Waals surface area (Å²) in [7, 11) is -3.32. The zero-order valence-electron chi connectivity index (χ0n) is 9.04. The molecule has 0 radical (unpaired) electrons. The average molecular weight is 267 g/mol. The molecule has 0 rings (SSSR count). The molecule has 0 saturated carbocycles. The van der Waals surface area contributed by atoms with Crippen molar-refractivity contribution in [2.24, 2.45) is 0 Å². The lowest BCUT2D eigenvalue weighted by atomic mass is 10.2. The van der Waals surface area contributed by atoms with Gasteiger partial charge in [0.1, 0.15) is 15.9 Å². The molecule has 0 unspecified atom stereocenters. The SMILES string of the molecule is CS(=O)(=O)CCC(=O)N[C@@H](CC(=O)O)C(=O)O. The molecule has 0 fully saturated rings. The van der Waals surface area contributed by atoms with Crippen molar-refractivity contribution in [1.82, 2.24) is 5.32 Å². The number of amides is 1. The van der Waals surface area contributed by atoms with Crippen LogP contribution in [0.25, 0.3) is 0 Å². The maximum atomic E-state index is 11.2. The summed E-state index contributed by atoms with van der Waals surface area (Å²) in [5.74, 6) is -4.09. The molecule has 0 bridgehead atoms. The second-order valence-electron chi connectivity index (χ2n) is 3.44. The third-order valence-corrected chi connectivity index (χ3v) is 2.66. The molecule has 0 spiro atoms. The molecule has 17 heavy (non-hydrogen) atoms. The summed E-state index contributed by atoms with van der Waals surface area (Å²) in [6.45, 7) is 0. The van der Waals surface area contributed by atoms with Crippen LogP contribution in [0.4, 0.5) is 0 Å². The number of hydrogen-bond donors (Lipinski definition) is 3. The number of carboxylic acids is 2. The highest BCUT2D eigenvalue weighted by atomic mass is 32.2. The summed E-state index contributed by atoms with van der Waals surface area (Å²) < 4.78 is 21.5. The van der Waals surface area contributed by atoms with Gasteiger partial charge in [0.05, 0.1) is 12.2 Å². The normalized spacial score (nSPS) is 12.8. The van der Waals surface area contributed by atoms with Crippen LogP contribution in [-0.2, 0) is 24.2 Å². The summed E-state index contributed by atoms with van der Waals surface area (Å²) in [6.07, 6.45) is -0.228. The van der Waals surface area contributed by atoms with Crippen molar-refractivity contribution in [2.75, 3.05) is 12.0 Å². The van der Waals surface area contributed by atoms with Crippen LogP contribution in [0.1, 0.15) is 12.8 Å². The van der Waals surface area contributed by atoms with E-state index in [0.717, 1.165) is 6.26 Å². The van der Waals surface area contributed by atoms with Gasteiger partial charge in [-0.1, -0.05) is 0 Å². The zero-order valence-corrected chi connectivity index (χ0v) is 9.86. The lowest BCUT2D eigenvalue weighted by Crippen LogP contribution is -2.42. The van der Waals surface area contributed by atoms with Gasteiger partial charge >= 0.3 is 11.9 Å². The third-order valence-electron chi connectivity index (χ3n) is 1.71. The highest BCUT2D eigenvalue weighted by Crippen LogP contribution is 1.95. The molecular formula is C8H13NO7S. The Morgan fingerprint density at radius 1 is 1.24 bits per heavy atom. The Morgan fingerprint density at radius 2 is 1.76 bits per heavy atom. The fourth-order valence-electron chi connectivity index (χ4n) is 0.919. The van der Waals surface area contributed by atoms with Crippen LogP contribution >= 0.6 is 0 Å². The van der Waals surface area contributed by atoms with E-state index in [1.54, 1.807) is 0 Å². The van der Waals surface area contributed by atoms with Gasteiger partial charge in [0.15, 0.2) is 0 Å². The molecule has 0 heterocycles. The minimum atomic E-state index is -3.32. The fourth-order valence-corrected chi connectivity index (χ4v) is 1.48. The Kier molecular flexibility index (Phi) is 5.59. The molecule has 0 aromatic heterocycles. The van der Waals surface area contributed by atoms with Crippen molar-refractivity contribution < 1.29 is 33.0 Å². The number of aliphatic carboxylic acids is 2. The van der Waals surface area contributed by atoms with Crippen LogP contribution in [0.2, 0.25) is 0 Å². The highest BCUT2D eigenvalue weighted by Gasteiger charge is 2.23. The lowest BCUT2D eigenvalue weighted by molar-refractivity contribution is -0.147. The van der Waals surface area contributed by atoms with Gasteiger partial charge in [-0.05, 0) is 0 Å². The van der Waals surface area contributed by atoms with E-state index in [9.17, 15) is 22.8 Å². The molecule has 0 saturated heterocycles. The molecule has 8 nitrogen and oxygen atoms in total. The van der Waals surface area contributed by atoms with Crippen LogP contribution < -0.4 is 5.32 Å². The van der Waals surface area contributed by atoms with Crippen LogP contribution in [0.5, 0.6) is 0 Å². The van der Waals surface area contributed by atoms with Crippen LogP contribution in [0, 0.1) is 0 Å². The minimum Gasteiger partial charge on any atom is -0.481 e. The first-order valence-corrected chi connectivity index (χ1v) is 6.59. The number of carbonyl (C=O) groups is 3. The number of nitrogens with one attached hydrogen (secondary N) is 1. The first-order valence-electron chi connectivity index (χ1n) is 4.53. The van der Waals surface area contributed by atoms with Crippen molar-refractivity contribution in [2.45, 2.75) is 18.9 Å². The van der Waals surface area contributed by atoms with E-state index in [4.69, 9.17) is 10.2 Å². The standard InChI is InChI=1S/C8H13NO7S/c1-17(15,16)3-2-6(10)9-5(8(13)14)4-7(11)12/h5H,2-4H2,1H3,(H,9,10)(H,11,12)(H,13,14)/t5-/m0/s1. The van der Waals surface area contributed by atoms with Crippen molar-refractivity contribution in [3.8, 4) is 0 Å². The van der Waals surface area contributed by atoms with E-state index >= 15 is 0 Å². The van der Waals surface area contributed by atoms with E-state index in [1.807, 2.05) is 5.32 Å². The van der Waals surface area contributed by atoms with Crippen molar-refractivity contribution in [1.29, 1.82) is 0 Å². The molecular weight excluding hydrogens is 254 g/mol. The highest BCUT2D eigenvalue weighted by molar-refractivity contribution is 7.90. The number of carbonyl (C=O) groups excluding carboxylic acids is 1. The number of hydrogen-bond acceptors (Lipinski definition) is 5. The Labute approximate surface area is 97.5 Å². The molecule has 3 N–H and O–H groups in total. The summed E-state index contributed by atoms with van der Waals surface area (Å²) in [4.78, 5) is 32.0. The Hall–Kier alpha value is -1.64. The number of carboxylic acid groups (broad SMARTS) is 2. The summed E-state index contributed by atoms with van der Waals surface area (Å²) >= 11 is 0. The lowest BCUT2D eigenvalue weighted by Gasteiger charge is -2.11. The van der Waals surface area contributed by atoms with Crippen LogP contribution in [0.15, 0.2) is 0 Å². The molecule has 0 aromatic rings. The maximum Gasteiger partial charge on any atom is 0.326 e. The first kappa shape index (κ1) is 15.4. The van der Waals surface area contributed by atoms with Gasteiger partial charge in [-0.3, -0.25) is 9.59 Å². The molecule has 0 aliphatic rings.